The number of benzene rings is 9. The average molecular weight is 804 g/mol. The van der Waals surface area contributed by atoms with Crippen molar-refractivity contribution in [2.24, 2.45) is 0 Å². The molecule has 0 radical (unpaired) electrons. The van der Waals surface area contributed by atoms with E-state index in [4.69, 9.17) is 0 Å². The van der Waals surface area contributed by atoms with Crippen LogP contribution in [0.4, 0.5) is 17.1 Å². The predicted octanol–water partition coefficient (Wildman–Crippen LogP) is 11.8. The van der Waals surface area contributed by atoms with Crippen LogP contribution >= 0.6 is 23.5 Å². The van der Waals surface area contributed by atoms with E-state index in [0.29, 0.717) is 0 Å². The first-order valence-corrected chi connectivity index (χ1v) is 23.9. The molecule has 0 saturated carbocycles. The number of hydrogen-bond acceptors (Lipinski definition) is 3. The Bertz CT molecular complexity index is 2930. The maximum absolute atomic E-state index is 2.79. The highest BCUT2D eigenvalue weighted by Gasteiger charge is 2.57. The number of rotatable bonds is 4. The fraction of sp³-hybridized carbons (Fsp3) is 0.0182. The Hall–Kier alpha value is -6.30. The summed E-state index contributed by atoms with van der Waals surface area (Å²) in [5.41, 5.74) is 11.0. The maximum atomic E-state index is 2.52. The third kappa shape index (κ3) is 5.01. The second-order valence-corrected chi connectivity index (χ2v) is 21.5. The van der Waals surface area contributed by atoms with E-state index in [1.165, 1.54) is 85.1 Å². The van der Waals surface area contributed by atoms with Gasteiger partial charge in [0.2, 0.25) is 0 Å². The zero-order valence-electron chi connectivity index (χ0n) is 32.1. The van der Waals surface area contributed by atoms with Crippen LogP contribution in [-0.2, 0) is 5.41 Å². The van der Waals surface area contributed by atoms with E-state index in [2.05, 4.69) is 229 Å². The minimum atomic E-state index is -2.79. The largest absolute Gasteiger partial charge is 0.308 e. The van der Waals surface area contributed by atoms with E-state index < -0.39 is 13.5 Å². The minimum Gasteiger partial charge on any atom is -0.308 e. The average Bonchev–Trinajstić information content (AvgIpc) is 3.31. The Balaban J connectivity index is 1.09. The molecule has 12 rings (SSSR count). The summed E-state index contributed by atoms with van der Waals surface area (Å²) in [7, 11) is -2.79. The molecule has 0 amide bonds. The van der Waals surface area contributed by atoms with Gasteiger partial charge in [0, 0.05) is 25.3 Å². The van der Waals surface area contributed by atoms with Gasteiger partial charge in [0.15, 0.2) is 8.07 Å². The molecule has 0 saturated heterocycles. The third-order valence-corrected chi connectivity index (χ3v) is 19.8. The van der Waals surface area contributed by atoms with Crippen LogP contribution in [-0.4, -0.2) is 8.07 Å². The van der Waals surface area contributed by atoms with Crippen molar-refractivity contribution < 1.29 is 0 Å². The lowest BCUT2D eigenvalue weighted by Crippen LogP contribution is -2.79. The van der Waals surface area contributed by atoms with Gasteiger partial charge in [0.25, 0.3) is 0 Å². The highest BCUT2D eigenvalue weighted by molar-refractivity contribution is 8.00. The fourth-order valence-corrected chi connectivity index (χ4v) is 17.8. The zero-order chi connectivity index (χ0) is 39.0. The fourth-order valence-electron chi connectivity index (χ4n) is 10.3. The molecule has 0 fully saturated rings. The molecule has 9 aromatic rings. The SMILES string of the molecule is c1ccc([Si]2(c3ccccc3)c3ccccc3C3(c4ccccc4Sc4ccc(-c5ccc(N6c7ccccc7Sc7ccccc76)cc5)cc43)c3ccccc32)cc1. The standard InChI is InChI=1S/C55H37NS2Si/c1-3-17-41(18-4-1)59(42-19-5-2-6-20-42)53-29-15-8-22-44(53)55(45-23-9-16-30-54(45)59)43-21-7-12-26-49(43)57-50-36-33-39(37-46(50)55)38-31-34-40(35-32-38)56-47-24-10-13-27-51(47)58-52-28-14-11-25-48(52)56/h1-37H. The van der Waals surface area contributed by atoms with E-state index in [0.717, 1.165) is 5.69 Å². The molecular formula is C55H37NS2Si. The maximum Gasteiger partial charge on any atom is 0.180 e. The summed E-state index contributed by atoms with van der Waals surface area (Å²) in [6.45, 7) is 0. The van der Waals surface area contributed by atoms with Crippen molar-refractivity contribution in [1.82, 2.24) is 0 Å². The number of nitrogens with zero attached hydrogens (tertiary/aromatic N) is 1. The lowest BCUT2D eigenvalue weighted by Gasteiger charge is -2.51. The molecule has 1 spiro atoms. The summed E-state index contributed by atoms with van der Waals surface area (Å²) < 4.78 is 0. The highest BCUT2D eigenvalue weighted by Crippen LogP contribution is 2.57. The topological polar surface area (TPSA) is 3.24 Å². The van der Waals surface area contributed by atoms with E-state index in [9.17, 15) is 0 Å². The van der Waals surface area contributed by atoms with E-state index >= 15 is 0 Å². The number of para-hydroxylation sites is 2. The van der Waals surface area contributed by atoms with Gasteiger partial charge in [-0.3, -0.25) is 0 Å². The molecule has 3 aliphatic heterocycles. The summed E-state index contributed by atoms with van der Waals surface area (Å²) in [6, 6.07) is 84.7. The first-order chi connectivity index (χ1) is 29.3. The molecule has 0 N–H and O–H groups in total. The Morgan fingerprint density at radius 1 is 0.339 bits per heavy atom. The van der Waals surface area contributed by atoms with Crippen LogP contribution < -0.4 is 25.6 Å². The monoisotopic (exact) mass is 803 g/mol. The van der Waals surface area contributed by atoms with Gasteiger partial charge in [-0.05, 0) is 109 Å². The van der Waals surface area contributed by atoms with Crippen LogP contribution in [0, 0.1) is 0 Å². The molecule has 0 bridgehead atoms. The van der Waals surface area contributed by atoms with Gasteiger partial charge < -0.3 is 4.90 Å². The summed E-state index contributed by atoms with van der Waals surface area (Å²) >= 11 is 3.75. The molecule has 3 heterocycles. The summed E-state index contributed by atoms with van der Waals surface area (Å²) in [5, 5.41) is 5.73. The van der Waals surface area contributed by atoms with Gasteiger partial charge in [0.05, 0.1) is 16.8 Å². The smallest absolute Gasteiger partial charge is 0.180 e. The van der Waals surface area contributed by atoms with Crippen molar-refractivity contribution in [3.8, 4) is 11.1 Å². The Labute approximate surface area is 355 Å². The number of hydrogen-bond donors (Lipinski definition) is 0. The Morgan fingerprint density at radius 3 is 1.37 bits per heavy atom. The molecule has 9 aromatic carbocycles. The van der Waals surface area contributed by atoms with Crippen molar-refractivity contribution in [3.63, 3.8) is 0 Å². The minimum absolute atomic E-state index is 0.529. The Morgan fingerprint density at radius 2 is 0.780 bits per heavy atom. The second kappa shape index (κ2) is 13.6. The summed E-state index contributed by atoms with van der Waals surface area (Å²) in [6.07, 6.45) is 0. The van der Waals surface area contributed by atoms with Gasteiger partial charge in [0.1, 0.15) is 0 Å². The Kier molecular flexibility index (Phi) is 8.03. The molecule has 0 unspecified atom stereocenters. The van der Waals surface area contributed by atoms with Crippen molar-refractivity contribution in [2.75, 3.05) is 4.90 Å². The van der Waals surface area contributed by atoms with Crippen molar-refractivity contribution >= 4 is 69.4 Å². The molecule has 0 aliphatic carbocycles. The van der Waals surface area contributed by atoms with Crippen LogP contribution in [0.5, 0.6) is 0 Å². The number of anilines is 3. The third-order valence-electron chi connectivity index (χ3n) is 12.7. The highest BCUT2D eigenvalue weighted by atomic mass is 32.2. The first kappa shape index (κ1) is 34.7. The lowest BCUT2D eigenvalue weighted by molar-refractivity contribution is 0.707. The van der Waals surface area contributed by atoms with Crippen molar-refractivity contribution in [1.29, 1.82) is 0 Å². The number of fused-ring (bicyclic) bond motifs is 10. The molecule has 1 nitrogen and oxygen atoms in total. The lowest BCUT2D eigenvalue weighted by atomic mass is 9.64. The molecule has 0 aromatic heterocycles. The molecule has 278 valence electrons. The van der Waals surface area contributed by atoms with Gasteiger partial charge in [-0.1, -0.05) is 193 Å². The van der Waals surface area contributed by atoms with E-state index in [1.807, 2.05) is 23.5 Å². The van der Waals surface area contributed by atoms with Crippen LogP contribution in [0.15, 0.2) is 244 Å². The first-order valence-electron chi connectivity index (χ1n) is 20.3. The summed E-state index contributed by atoms with van der Waals surface area (Å²) in [5.74, 6) is 0. The quantitative estimate of drug-likeness (QED) is 0.163. The van der Waals surface area contributed by atoms with Crippen LogP contribution in [0.3, 0.4) is 0 Å². The van der Waals surface area contributed by atoms with E-state index in [-0.39, 0.29) is 0 Å². The summed E-state index contributed by atoms with van der Waals surface area (Å²) in [4.78, 5) is 7.57. The van der Waals surface area contributed by atoms with Gasteiger partial charge in [-0.25, -0.2) is 0 Å². The molecule has 3 aliphatic rings. The zero-order valence-corrected chi connectivity index (χ0v) is 34.8. The molecule has 59 heavy (non-hydrogen) atoms. The van der Waals surface area contributed by atoms with E-state index in [1.54, 1.807) is 0 Å². The van der Waals surface area contributed by atoms with Crippen molar-refractivity contribution in [3.05, 3.63) is 247 Å². The molecule has 0 atom stereocenters. The van der Waals surface area contributed by atoms with Gasteiger partial charge in [-0.15, -0.1) is 0 Å². The second-order valence-electron chi connectivity index (χ2n) is 15.6. The van der Waals surface area contributed by atoms with Crippen LogP contribution in [0.25, 0.3) is 11.1 Å². The van der Waals surface area contributed by atoms with Gasteiger partial charge in [-0.2, -0.15) is 0 Å². The predicted molar refractivity (Wildman–Crippen MR) is 250 cm³/mol. The van der Waals surface area contributed by atoms with Gasteiger partial charge >= 0.3 is 0 Å². The van der Waals surface area contributed by atoms with Crippen LogP contribution in [0.1, 0.15) is 22.3 Å². The normalized spacial score (nSPS) is 14.9. The van der Waals surface area contributed by atoms with Crippen LogP contribution in [0.2, 0.25) is 0 Å². The molecule has 4 heteroatoms. The molecular weight excluding hydrogens is 767 g/mol. The van der Waals surface area contributed by atoms with Crippen molar-refractivity contribution in [2.45, 2.75) is 25.0 Å².